The Morgan fingerprint density at radius 1 is 1.30 bits per heavy atom. The van der Waals surface area contributed by atoms with Gasteiger partial charge in [-0.25, -0.2) is 9.78 Å². The Morgan fingerprint density at radius 2 is 2.05 bits per heavy atom. The Balaban J connectivity index is 1.83. The molecule has 20 heavy (non-hydrogen) atoms. The van der Waals surface area contributed by atoms with Crippen LogP contribution in [0.5, 0.6) is 0 Å². The van der Waals surface area contributed by atoms with E-state index in [4.69, 9.17) is 0 Å². The number of aromatic amines is 1. The second kappa shape index (κ2) is 6.51. The second-order valence-corrected chi connectivity index (χ2v) is 4.12. The molecule has 0 spiro atoms. The zero-order valence-electron chi connectivity index (χ0n) is 11.1. The summed E-state index contributed by atoms with van der Waals surface area (Å²) in [6.07, 6.45) is 2.11. The van der Waals surface area contributed by atoms with Gasteiger partial charge < -0.3 is 15.0 Å². The quantitative estimate of drug-likeness (QED) is 0.801. The van der Waals surface area contributed by atoms with Gasteiger partial charge in [0.15, 0.2) is 0 Å². The number of aromatic nitrogens is 2. The lowest BCUT2D eigenvalue weighted by Gasteiger charge is -2.03. The molecule has 0 bridgehead atoms. The van der Waals surface area contributed by atoms with Crippen LogP contribution in [-0.4, -0.2) is 35.5 Å². The molecule has 0 unspecified atom stereocenters. The number of carbonyl (C=O) groups is 2. The summed E-state index contributed by atoms with van der Waals surface area (Å²) in [5, 5.41) is 2.80. The van der Waals surface area contributed by atoms with Crippen molar-refractivity contribution in [3.63, 3.8) is 0 Å². The van der Waals surface area contributed by atoms with E-state index in [1.165, 1.54) is 7.11 Å². The normalized spacial score (nSPS) is 10.1. The molecule has 6 nitrogen and oxygen atoms in total. The molecule has 0 fully saturated rings. The fourth-order valence-corrected chi connectivity index (χ4v) is 1.69. The van der Waals surface area contributed by atoms with Crippen molar-refractivity contribution in [1.82, 2.24) is 15.3 Å². The molecule has 2 N–H and O–H groups in total. The molecular weight excluding hydrogens is 258 g/mol. The number of hydrogen-bond donors (Lipinski definition) is 2. The minimum atomic E-state index is -0.510. The third kappa shape index (κ3) is 3.44. The van der Waals surface area contributed by atoms with Gasteiger partial charge in [-0.2, -0.15) is 0 Å². The molecule has 0 saturated carbocycles. The molecule has 1 aromatic carbocycles. The summed E-state index contributed by atoms with van der Waals surface area (Å²) >= 11 is 0. The van der Waals surface area contributed by atoms with E-state index >= 15 is 0 Å². The summed E-state index contributed by atoms with van der Waals surface area (Å²) in [5.41, 5.74) is 1.38. The molecule has 0 atom stereocenters. The van der Waals surface area contributed by atoms with Gasteiger partial charge in [0.25, 0.3) is 5.91 Å². The lowest BCUT2D eigenvalue weighted by molar-refractivity contribution is 0.0587. The standard InChI is InChI=1S/C14H15N3O3/c1-20-14(19)12-16-9-11(17-12)7-8-15-13(18)10-5-3-2-4-6-10/h2-6,9H,7-8H2,1H3,(H,15,18)(H,16,17). The molecule has 2 aromatic rings. The molecule has 104 valence electrons. The van der Waals surface area contributed by atoms with Gasteiger partial charge in [-0.05, 0) is 12.1 Å². The van der Waals surface area contributed by atoms with Gasteiger partial charge in [-0.1, -0.05) is 18.2 Å². The van der Waals surface area contributed by atoms with E-state index in [9.17, 15) is 9.59 Å². The Kier molecular flexibility index (Phi) is 4.49. The maximum Gasteiger partial charge on any atom is 0.374 e. The number of imidazole rings is 1. The van der Waals surface area contributed by atoms with Gasteiger partial charge >= 0.3 is 5.97 Å². The third-order valence-electron chi connectivity index (χ3n) is 2.72. The number of carbonyl (C=O) groups excluding carboxylic acids is 2. The highest BCUT2D eigenvalue weighted by molar-refractivity contribution is 5.94. The summed E-state index contributed by atoms with van der Waals surface area (Å²) in [7, 11) is 1.30. The number of H-pyrrole nitrogens is 1. The van der Waals surface area contributed by atoms with E-state index in [1.54, 1.807) is 18.3 Å². The van der Waals surface area contributed by atoms with Gasteiger partial charge in [0, 0.05) is 30.4 Å². The predicted molar refractivity (Wildman–Crippen MR) is 72.4 cm³/mol. The van der Waals surface area contributed by atoms with Crippen molar-refractivity contribution in [3.8, 4) is 0 Å². The smallest absolute Gasteiger partial charge is 0.374 e. The molecule has 0 aliphatic rings. The first-order valence-electron chi connectivity index (χ1n) is 6.16. The van der Waals surface area contributed by atoms with Gasteiger partial charge in [0.2, 0.25) is 5.82 Å². The minimum absolute atomic E-state index is 0.127. The predicted octanol–water partition coefficient (Wildman–Crippen LogP) is 1.17. The summed E-state index contributed by atoms with van der Waals surface area (Å²) in [6.45, 7) is 0.455. The van der Waals surface area contributed by atoms with Crippen molar-refractivity contribution in [2.45, 2.75) is 6.42 Å². The van der Waals surface area contributed by atoms with E-state index in [1.807, 2.05) is 18.2 Å². The molecule has 0 aliphatic heterocycles. The highest BCUT2D eigenvalue weighted by Gasteiger charge is 2.10. The van der Waals surface area contributed by atoms with Crippen LogP contribution < -0.4 is 5.32 Å². The Hall–Kier alpha value is -2.63. The monoisotopic (exact) mass is 273 g/mol. The number of hydrogen-bond acceptors (Lipinski definition) is 4. The number of amides is 1. The fourth-order valence-electron chi connectivity index (χ4n) is 1.69. The second-order valence-electron chi connectivity index (χ2n) is 4.12. The van der Waals surface area contributed by atoms with Gasteiger partial charge in [-0.3, -0.25) is 4.79 Å². The maximum absolute atomic E-state index is 11.8. The number of esters is 1. The van der Waals surface area contributed by atoms with Crippen LogP contribution in [0.2, 0.25) is 0 Å². The van der Waals surface area contributed by atoms with E-state index < -0.39 is 5.97 Å². The number of rotatable bonds is 5. The van der Waals surface area contributed by atoms with Crippen molar-refractivity contribution in [3.05, 3.63) is 53.6 Å². The summed E-state index contributed by atoms with van der Waals surface area (Å²) in [5.74, 6) is -0.472. The largest absolute Gasteiger partial charge is 0.463 e. The third-order valence-corrected chi connectivity index (χ3v) is 2.72. The molecule has 6 heteroatoms. The molecule has 0 saturated heterocycles. The molecule has 0 aliphatic carbocycles. The highest BCUT2D eigenvalue weighted by Crippen LogP contribution is 2.01. The number of nitrogens with zero attached hydrogens (tertiary/aromatic N) is 1. The van der Waals surface area contributed by atoms with Crippen molar-refractivity contribution in [1.29, 1.82) is 0 Å². The fraction of sp³-hybridized carbons (Fsp3) is 0.214. The van der Waals surface area contributed by atoms with Crippen LogP contribution in [0.15, 0.2) is 36.5 Å². The van der Waals surface area contributed by atoms with Crippen molar-refractivity contribution < 1.29 is 14.3 Å². The first kappa shape index (κ1) is 13.8. The molecule has 2 rings (SSSR count). The zero-order chi connectivity index (χ0) is 14.4. The van der Waals surface area contributed by atoms with E-state index in [0.717, 1.165) is 5.69 Å². The lowest BCUT2D eigenvalue weighted by Crippen LogP contribution is -2.25. The molecular formula is C14H15N3O3. The Labute approximate surface area is 116 Å². The van der Waals surface area contributed by atoms with Crippen LogP contribution in [0, 0.1) is 0 Å². The van der Waals surface area contributed by atoms with E-state index in [2.05, 4.69) is 20.0 Å². The Bertz CT molecular complexity index is 593. The SMILES string of the molecule is COC(=O)c1ncc(CCNC(=O)c2ccccc2)[nH]1. The Morgan fingerprint density at radius 3 is 2.75 bits per heavy atom. The maximum atomic E-state index is 11.8. The van der Waals surface area contributed by atoms with Crippen LogP contribution in [0.3, 0.4) is 0 Å². The average molecular weight is 273 g/mol. The number of ether oxygens (including phenoxy) is 1. The van der Waals surface area contributed by atoms with Crippen LogP contribution in [0.25, 0.3) is 0 Å². The molecule has 0 radical (unpaired) electrons. The summed E-state index contributed by atoms with van der Waals surface area (Å²) in [6, 6.07) is 8.98. The molecule has 1 aromatic heterocycles. The van der Waals surface area contributed by atoms with Gasteiger partial charge in [0.1, 0.15) is 0 Å². The van der Waals surface area contributed by atoms with Crippen LogP contribution >= 0.6 is 0 Å². The summed E-state index contributed by atoms with van der Waals surface area (Å²) < 4.78 is 4.55. The highest BCUT2D eigenvalue weighted by atomic mass is 16.5. The molecule has 1 heterocycles. The van der Waals surface area contributed by atoms with Crippen molar-refractivity contribution >= 4 is 11.9 Å². The van der Waals surface area contributed by atoms with E-state index in [0.29, 0.717) is 18.5 Å². The molecule has 1 amide bonds. The van der Waals surface area contributed by atoms with Gasteiger partial charge in [0.05, 0.1) is 7.11 Å². The van der Waals surface area contributed by atoms with E-state index in [-0.39, 0.29) is 11.7 Å². The number of benzene rings is 1. The van der Waals surface area contributed by atoms with Crippen LogP contribution in [0.4, 0.5) is 0 Å². The average Bonchev–Trinajstić information content (AvgIpc) is 2.96. The van der Waals surface area contributed by atoms with Gasteiger partial charge in [-0.15, -0.1) is 0 Å². The lowest BCUT2D eigenvalue weighted by atomic mass is 10.2. The zero-order valence-corrected chi connectivity index (χ0v) is 11.1. The number of nitrogens with one attached hydrogen (secondary N) is 2. The first-order chi connectivity index (χ1) is 9.70. The minimum Gasteiger partial charge on any atom is -0.463 e. The number of methoxy groups -OCH3 is 1. The van der Waals surface area contributed by atoms with Crippen LogP contribution in [0.1, 0.15) is 26.7 Å². The van der Waals surface area contributed by atoms with Crippen molar-refractivity contribution in [2.75, 3.05) is 13.7 Å². The first-order valence-corrected chi connectivity index (χ1v) is 6.16. The topological polar surface area (TPSA) is 84.1 Å². The van der Waals surface area contributed by atoms with Crippen LogP contribution in [-0.2, 0) is 11.2 Å². The summed E-state index contributed by atoms with van der Waals surface area (Å²) in [4.78, 5) is 29.7. The van der Waals surface area contributed by atoms with Crippen molar-refractivity contribution in [2.24, 2.45) is 0 Å².